The number of nitrogens with zero attached hydrogens (tertiary/aromatic N) is 4. The van der Waals surface area contributed by atoms with Gasteiger partial charge in [0.15, 0.2) is 12.7 Å². The fourth-order valence-corrected chi connectivity index (χ4v) is 8.05. The van der Waals surface area contributed by atoms with Crippen LogP contribution in [-0.2, 0) is 6.54 Å². The molecule has 0 aliphatic carbocycles. The number of allylic oxidation sites excluding steroid dienone is 3. The Morgan fingerprint density at radius 1 is 0.659 bits per heavy atom. The number of rotatable bonds is 13. The van der Waals surface area contributed by atoms with Gasteiger partial charge in [-0.15, -0.1) is 0 Å². The van der Waals surface area contributed by atoms with Crippen LogP contribution in [-0.4, -0.2) is 55.7 Å². The van der Waals surface area contributed by atoms with Crippen LogP contribution in [0.5, 0.6) is 0 Å². The van der Waals surface area contributed by atoms with Gasteiger partial charge in [-0.25, -0.2) is 0 Å². The molecule has 0 radical (unpaired) electrons. The van der Waals surface area contributed by atoms with Gasteiger partial charge in [-0.1, -0.05) is 64.1 Å². The van der Waals surface area contributed by atoms with Gasteiger partial charge in [-0.05, 0) is 85.4 Å². The summed E-state index contributed by atoms with van der Waals surface area (Å²) in [5, 5.41) is 0. The molecular formula is C38H45N4S2+. The van der Waals surface area contributed by atoms with Crippen LogP contribution in [0.15, 0.2) is 103 Å². The first-order valence-electron chi connectivity index (χ1n) is 16.2. The van der Waals surface area contributed by atoms with Crippen LogP contribution in [0.2, 0.25) is 0 Å². The van der Waals surface area contributed by atoms with E-state index in [9.17, 15) is 0 Å². The normalized spacial score (nSPS) is 17.0. The standard InChI is InChI=1S/C38H45N4S2/c1-3-23-41(35(9-1)17-11-33-13-19-37(20-14-33)39-25-5-6-26-39)29-31-43-44-32-30-42-24-4-2-10-36(42)18-12-34-15-21-38(22-16-34)40-27-7-8-28-40/h1-4,9-23H,5-8,24-32H2/q+1/b18-12+. The number of aryl methyl sites for hydroxylation is 1. The molecule has 3 aliphatic rings. The topological polar surface area (TPSA) is 13.6 Å². The number of hydrogen-bond donors (Lipinski definition) is 0. The Labute approximate surface area is 272 Å². The van der Waals surface area contributed by atoms with Crippen molar-refractivity contribution in [2.75, 3.05) is 60.6 Å². The van der Waals surface area contributed by atoms with E-state index >= 15 is 0 Å². The van der Waals surface area contributed by atoms with Crippen LogP contribution in [0.3, 0.4) is 0 Å². The Morgan fingerprint density at radius 3 is 1.93 bits per heavy atom. The number of hydrogen-bond acceptors (Lipinski definition) is 5. The summed E-state index contributed by atoms with van der Waals surface area (Å²) in [7, 11) is 3.96. The molecule has 3 aromatic rings. The SMILES string of the molecule is C1=CCN(CCSSCC[n+]2ccccc2/C=C/c2ccc(N3CCCC3)cc2)C(/C=C/c2ccc(N3CCCC3)cc2)=C1. The molecule has 0 saturated carbocycles. The van der Waals surface area contributed by atoms with E-state index in [-0.39, 0.29) is 0 Å². The maximum absolute atomic E-state index is 2.49. The highest BCUT2D eigenvalue weighted by molar-refractivity contribution is 8.76. The van der Waals surface area contributed by atoms with Crippen LogP contribution in [0.1, 0.15) is 42.5 Å². The molecule has 4 nitrogen and oxygen atoms in total. The minimum Gasteiger partial charge on any atom is -0.372 e. The molecule has 3 aliphatic heterocycles. The lowest BCUT2D eigenvalue weighted by atomic mass is 10.1. The van der Waals surface area contributed by atoms with Crippen molar-refractivity contribution in [1.82, 2.24) is 4.90 Å². The monoisotopic (exact) mass is 621 g/mol. The Balaban J connectivity index is 0.930. The molecule has 2 fully saturated rings. The number of benzene rings is 2. The fraction of sp³-hybridized carbons (Fsp3) is 0.342. The summed E-state index contributed by atoms with van der Waals surface area (Å²) >= 11 is 0. The van der Waals surface area contributed by atoms with E-state index in [1.807, 2.05) is 21.6 Å². The zero-order valence-corrected chi connectivity index (χ0v) is 27.4. The molecule has 6 heteroatoms. The van der Waals surface area contributed by atoms with Crippen LogP contribution in [0, 0.1) is 0 Å². The summed E-state index contributed by atoms with van der Waals surface area (Å²) in [4.78, 5) is 7.46. The lowest BCUT2D eigenvalue weighted by Gasteiger charge is -2.26. The Bertz CT molecular complexity index is 1450. The zero-order valence-electron chi connectivity index (χ0n) is 25.8. The average molecular weight is 622 g/mol. The second-order valence-electron chi connectivity index (χ2n) is 11.7. The summed E-state index contributed by atoms with van der Waals surface area (Å²) < 4.78 is 2.36. The van der Waals surface area contributed by atoms with Crippen LogP contribution in [0.25, 0.3) is 18.2 Å². The van der Waals surface area contributed by atoms with Gasteiger partial charge in [0.1, 0.15) is 0 Å². The van der Waals surface area contributed by atoms with Crippen molar-refractivity contribution in [3.63, 3.8) is 0 Å². The molecule has 44 heavy (non-hydrogen) atoms. The number of anilines is 2. The highest BCUT2D eigenvalue weighted by Gasteiger charge is 2.13. The van der Waals surface area contributed by atoms with Gasteiger partial charge < -0.3 is 14.7 Å². The van der Waals surface area contributed by atoms with Gasteiger partial charge in [0.25, 0.3) is 0 Å². The Morgan fingerprint density at radius 2 is 1.27 bits per heavy atom. The van der Waals surface area contributed by atoms with Gasteiger partial charge in [-0.3, -0.25) is 0 Å². The lowest BCUT2D eigenvalue weighted by molar-refractivity contribution is -0.694. The van der Waals surface area contributed by atoms with E-state index in [1.165, 1.54) is 85.8 Å². The summed E-state index contributed by atoms with van der Waals surface area (Å²) in [6.45, 7) is 7.80. The average Bonchev–Trinajstić information content (AvgIpc) is 3.82. The van der Waals surface area contributed by atoms with Crippen molar-refractivity contribution in [2.24, 2.45) is 0 Å². The number of aromatic nitrogens is 1. The predicted octanol–water partition coefficient (Wildman–Crippen LogP) is 8.20. The fourth-order valence-electron chi connectivity index (χ4n) is 6.10. The molecule has 6 rings (SSSR count). The van der Waals surface area contributed by atoms with E-state index < -0.39 is 0 Å². The van der Waals surface area contributed by atoms with Crippen LogP contribution < -0.4 is 14.4 Å². The molecule has 0 bridgehead atoms. The summed E-state index contributed by atoms with van der Waals surface area (Å²) in [6.07, 6.45) is 23.1. The molecule has 0 spiro atoms. The van der Waals surface area contributed by atoms with Crippen molar-refractivity contribution in [2.45, 2.75) is 32.2 Å². The quantitative estimate of drug-likeness (QED) is 0.108. The molecule has 0 atom stereocenters. The summed E-state index contributed by atoms with van der Waals surface area (Å²) in [5.74, 6) is 2.19. The summed E-state index contributed by atoms with van der Waals surface area (Å²) in [5.41, 5.74) is 7.75. The van der Waals surface area contributed by atoms with E-state index in [0.717, 1.165) is 31.1 Å². The van der Waals surface area contributed by atoms with Crippen molar-refractivity contribution >= 4 is 51.2 Å². The first-order valence-corrected chi connectivity index (χ1v) is 18.7. The molecule has 228 valence electrons. The molecule has 0 unspecified atom stereocenters. The van der Waals surface area contributed by atoms with Gasteiger partial charge >= 0.3 is 0 Å². The van der Waals surface area contributed by atoms with Crippen molar-refractivity contribution in [1.29, 1.82) is 0 Å². The van der Waals surface area contributed by atoms with E-state index in [4.69, 9.17) is 0 Å². The molecule has 0 N–H and O–H groups in total. The molecule has 0 amide bonds. The van der Waals surface area contributed by atoms with Crippen molar-refractivity contribution in [3.05, 3.63) is 120 Å². The smallest absolute Gasteiger partial charge is 0.205 e. The van der Waals surface area contributed by atoms with Crippen molar-refractivity contribution < 1.29 is 4.57 Å². The lowest BCUT2D eigenvalue weighted by Crippen LogP contribution is -2.37. The molecule has 4 heterocycles. The largest absolute Gasteiger partial charge is 0.372 e. The van der Waals surface area contributed by atoms with Crippen LogP contribution in [0.4, 0.5) is 11.4 Å². The third kappa shape index (κ3) is 8.64. The molecule has 2 saturated heterocycles. The van der Waals surface area contributed by atoms with Gasteiger partial charge in [0.2, 0.25) is 5.69 Å². The van der Waals surface area contributed by atoms with E-state index in [2.05, 4.69) is 135 Å². The Hall–Kier alpha value is -3.35. The molecule has 2 aromatic carbocycles. The minimum absolute atomic E-state index is 0.978. The second-order valence-corrected chi connectivity index (χ2v) is 14.4. The first kappa shape index (κ1) is 30.7. The van der Waals surface area contributed by atoms with Gasteiger partial charge in [-0.2, -0.15) is 4.57 Å². The maximum atomic E-state index is 2.49. The maximum Gasteiger partial charge on any atom is 0.205 e. The third-order valence-corrected chi connectivity index (χ3v) is 11.0. The third-order valence-electron chi connectivity index (χ3n) is 8.63. The number of pyridine rings is 1. The summed E-state index contributed by atoms with van der Waals surface area (Å²) in [6, 6.07) is 24.5. The molecular weight excluding hydrogens is 577 g/mol. The molecule has 1 aromatic heterocycles. The second kappa shape index (κ2) is 16.1. The van der Waals surface area contributed by atoms with Crippen molar-refractivity contribution in [3.8, 4) is 0 Å². The highest BCUT2D eigenvalue weighted by atomic mass is 33.1. The van der Waals surface area contributed by atoms with Gasteiger partial charge in [0.05, 0.1) is 5.75 Å². The minimum atomic E-state index is 0.978. The zero-order chi connectivity index (χ0) is 29.8. The first-order chi connectivity index (χ1) is 21.8. The predicted molar refractivity (Wildman–Crippen MR) is 194 cm³/mol. The Kier molecular flexibility index (Phi) is 11.2. The highest BCUT2D eigenvalue weighted by Crippen LogP contribution is 2.24. The van der Waals surface area contributed by atoms with Gasteiger partial charge in [0, 0.05) is 80.3 Å². The van der Waals surface area contributed by atoms with E-state index in [0.29, 0.717) is 0 Å². The van der Waals surface area contributed by atoms with E-state index in [1.54, 1.807) is 0 Å². The van der Waals surface area contributed by atoms with Crippen LogP contribution >= 0.6 is 21.6 Å².